The summed E-state index contributed by atoms with van der Waals surface area (Å²) in [5, 5.41) is 9.15. The molecule has 0 radical (unpaired) electrons. The molecule has 0 aromatic carbocycles. The van der Waals surface area contributed by atoms with Crippen molar-refractivity contribution in [3.05, 3.63) is 0 Å². The molecule has 0 spiro atoms. The van der Waals surface area contributed by atoms with Crippen molar-refractivity contribution in [1.29, 1.82) is 0 Å². The number of hydrogen-bond acceptors (Lipinski definition) is 3. The van der Waals surface area contributed by atoms with E-state index in [0.717, 1.165) is 6.42 Å². The monoisotopic (exact) mass is 131 g/mol. The van der Waals surface area contributed by atoms with E-state index in [-0.39, 0.29) is 5.41 Å². The molecule has 0 saturated carbocycles. The van der Waals surface area contributed by atoms with Crippen LogP contribution in [-0.2, 0) is 4.74 Å². The highest BCUT2D eigenvalue weighted by Gasteiger charge is 2.37. The molecule has 3 heteroatoms. The van der Waals surface area contributed by atoms with Gasteiger partial charge in [-0.05, 0) is 6.42 Å². The Balaban J connectivity index is 2.56. The summed E-state index contributed by atoms with van der Waals surface area (Å²) >= 11 is 0. The number of aliphatic hydroxyl groups is 1. The summed E-state index contributed by atoms with van der Waals surface area (Å²) in [5.74, 6) is 0. The van der Waals surface area contributed by atoms with Crippen molar-refractivity contribution in [1.82, 2.24) is 0 Å². The minimum absolute atomic E-state index is 0.194. The maximum Gasteiger partial charge on any atom is 0.161 e. The summed E-state index contributed by atoms with van der Waals surface area (Å²) in [5.41, 5.74) is 5.22. The molecule has 0 amide bonds. The number of rotatable bonds is 1. The molecule has 0 aliphatic carbocycles. The molecule has 0 aromatic rings. The maximum atomic E-state index is 9.15. The van der Waals surface area contributed by atoms with E-state index in [4.69, 9.17) is 15.6 Å². The van der Waals surface area contributed by atoms with Crippen molar-refractivity contribution in [2.45, 2.75) is 19.6 Å². The fraction of sp³-hybridized carbons (Fsp3) is 1.00. The lowest BCUT2D eigenvalue weighted by Crippen LogP contribution is -2.35. The smallest absolute Gasteiger partial charge is 0.161 e. The topological polar surface area (TPSA) is 55.5 Å². The van der Waals surface area contributed by atoms with Crippen LogP contribution in [0.15, 0.2) is 0 Å². The maximum absolute atomic E-state index is 9.15. The van der Waals surface area contributed by atoms with E-state index < -0.39 is 6.29 Å². The van der Waals surface area contributed by atoms with Crippen LogP contribution in [0.25, 0.3) is 0 Å². The van der Waals surface area contributed by atoms with Crippen molar-refractivity contribution >= 4 is 0 Å². The third-order valence-corrected chi connectivity index (χ3v) is 2.01. The lowest BCUT2D eigenvalue weighted by atomic mass is 9.89. The first-order valence-corrected chi connectivity index (χ1v) is 3.19. The summed E-state index contributed by atoms with van der Waals surface area (Å²) in [6.45, 7) is 3.06. The summed E-state index contributed by atoms with van der Waals surface area (Å²) in [6, 6.07) is 0. The Bertz CT molecular complexity index is 107. The number of aliphatic hydroxyl groups excluding tert-OH is 1. The quantitative estimate of drug-likeness (QED) is 0.513. The molecular formula is C6H13NO2. The van der Waals surface area contributed by atoms with Crippen molar-refractivity contribution in [2.75, 3.05) is 13.2 Å². The van der Waals surface area contributed by atoms with E-state index in [1.807, 2.05) is 6.92 Å². The lowest BCUT2D eigenvalue weighted by molar-refractivity contribution is -0.109. The summed E-state index contributed by atoms with van der Waals surface area (Å²) in [7, 11) is 0. The zero-order valence-corrected chi connectivity index (χ0v) is 5.63. The SMILES string of the molecule is CC1(CN)CCOC1O. The molecule has 0 aromatic heterocycles. The van der Waals surface area contributed by atoms with Crippen LogP contribution < -0.4 is 5.73 Å². The van der Waals surface area contributed by atoms with Gasteiger partial charge in [-0.25, -0.2) is 0 Å². The van der Waals surface area contributed by atoms with E-state index in [2.05, 4.69) is 0 Å². The first-order valence-electron chi connectivity index (χ1n) is 3.19. The Kier molecular flexibility index (Phi) is 1.75. The second-order valence-electron chi connectivity index (χ2n) is 2.83. The van der Waals surface area contributed by atoms with Gasteiger partial charge in [-0.15, -0.1) is 0 Å². The molecule has 54 valence electrons. The second kappa shape index (κ2) is 2.25. The van der Waals surface area contributed by atoms with Crippen molar-refractivity contribution in [3.8, 4) is 0 Å². The Hall–Kier alpha value is -0.120. The van der Waals surface area contributed by atoms with Gasteiger partial charge < -0.3 is 15.6 Å². The van der Waals surface area contributed by atoms with Gasteiger partial charge >= 0.3 is 0 Å². The van der Waals surface area contributed by atoms with E-state index in [1.54, 1.807) is 0 Å². The van der Waals surface area contributed by atoms with Crippen molar-refractivity contribution in [2.24, 2.45) is 11.1 Å². The third-order valence-electron chi connectivity index (χ3n) is 2.01. The van der Waals surface area contributed by atoms with Crippen LogP contribution in [-0.4, -0.2) is 24.5 Å². The summed E-state index contributed by atoms with van der Waals surface area (Å²) in [4.78, 5) is 0. The van der Waals surface area contributed by atoms with Gasteiger partial charge in [-0.3, -0.25) is 0 Å². The van der Waals surface area contributed by atoms with Gasteiger partial charge in [0.1, 0.15) is 0 Å². The van der Waals surface area contributed by atoms with E-state index in [9.17, 15) is 0 Å². The minimum Gasteiger partial charge on any atom is -0.367 e. The minimum atomic E-state index is -0.650. The van der Waals surface area contributed by atoms with E-state index in [1.165, 1.54) is 0 Å². The molecule has 2 unspecified atom stereocenters. The zero-order chi connectivity index (χ0) is 6.91. The van der Waals surface area contributed by atoms with E-state index in [0.29, 0.717) is 13.2 Å². The second-order valence-corrected chi connectivity index (χ2v) is 2.83. The van der Waals surface area contributed by atoms with Crippen LogP contribution in [0, 0.1) is 5.41 Å². The molecule has 1 rings (SSSR count). The normalized spacial score (nSPS) is 43.7. The van der Waals surface area contributed by atoms with Crippen molar-refractivity contribution in [3.63, 3.8) is 0 Å². The first-order chi connectivity index (χ1) is 4.19. The largest absolute Gasteiger partial charge is 0.367 e. The first kappa shape index (κ1) is 6.99. The van der Waals surface area contributed by atoms with Crippen LogP contribution in [0.1, 0.15) is 13.3 Å². The summed E-state index contributed by atoms with van der Waals surface area (Å²) < 4.78 is 4.93. The Labute approximate surface area is 54.8 Å². The standard InChI is InChI=1S/C6H13NO2/c1-6(4-7)2-3-9-5(6)8/h5,8H,2-4,7H2,1H3. The molecule has 1 fully saturated rings. The Morgan fingerprint density at radius 3 is 2.78 bits per heavy atom. The average molecular weight is 131 g/mol. The number of nitrogens with two attached hydrogens (primary N) is 1. The highest BCUT2D eigenvalue weighted by atomic mass is 16.6. The lowest BCUT2D eigenvalue weighted by Gasteiger charge is -2.23. The van der Waals surface area contributed by atoms with Crippen LogP contribution in [0.5, 0.6) is 0 Å². The van der Waals surface area contributed by atoms with Gasteiger partial charge in [0.25, 0.3) is 0 Å². The van der Waals surface area contributed by atoms with Gasteiger partial charge in [0.05, 0.1) is 6.61 Å². The van der Waals surface area contributed by atoms with Gasteiger partial charge in [-0.2, -0.15) is 0 Å². The average Bonchev–Trinajstić information content (AvgIpc) is 2.15. The molecule has 3 N–H and O–H groups in total. The van der Waals surface area contributed by atoms with Gasteiger partial charge in [0.2, 0.25) is 0 Å². The van der Waals surface area contributed by atoms with Crippen molar-refractivity contribution < 1.29 is 9.84 Å². The molecule has 1 heterocycles. The van der Waals surface area contributed by atoms with Crippen LogP contribution in [0.4, 0.5) is 0 Å². The van der Waals surface area contributed by atoms with Gasteiger partial charge in [-0.1, -0.05) is 6.92 Å². The molecule has 0 bridgehead atoms. The zero-order valence-electron chi connectivity index (χ0n) is 5.63. The molecule has 2 atom stereocenters. The Morgan fingerprint density at radius 1 is 1.89 bits per heavy atom. The Morgan fingerprint density at radius 2 is 2.56 bits per heavy atom. The highest BCUT2D eigenvalue weighted by Crippen LogP contribution is 2.31. The number of hydrogen-bond donors (Lipinski definition) is 2. The molecule has 1 saturated heterocycles. The van der Waals surface area contributed by atoms with Crippen LogP contribution >= 0.6 is 0 Å². The fourth-order valence-corrected chi connectivity index (χ4v) is 0.931. The van der Waals surface area contributed by atoms with E-state index >= 15 is 0 Å². The number of ether oxygens (including phenoxy) is 1. The third kappa shape index (κ3) is 1.08. The molecule has 3 nitrogen and oxygen atoms in total. The van der Waals surface area contributed by atoms with Gasteiger partial charge in [0.15, 0.2) is 6.29 Å². The predicted octanol–water partition coefficient (Wildman–Crippen LogP) is -0.310. The molecule has 1 aliphatic rings. The molecule has 1 aliphatic heterocycles. The molecular weight excluding hydrogens is 118 g/mol. The van der Waals surface area contributed by atoms with Gasteiger partial charge in [0, 0.05) is 12.0 Å². The fourth-order valence-electron chi connectivity index (χ4n) is 0.931. The van der Waals surface area contributed by atoms with Crippen LogP contribution in [0.3, 0.4) is 0 Å². The highest BCUT2D eigenvalue weighted by molar-refractivity contribution is 4.82. The molecule has 9 heavy (non-hydrogen) atoms. The summed E-state index contributed by atoms with van der Waals surface area (Å²) in [6.07, 6.45) is 0.215. The predicted molar refractivity (Wildman–Crippen MR) is 33.7 cm³/mol. The van der Waals surface area contributed by atoms with Crippen LogP contribution in [0.2, 0.25) is 0 Å².